The predicted molar refractivity (Wildman–Crippen MR) is 92.6 cm³/mol. The molecule has 0 aromatic heterocycles. The first-order chi connectivity index (χ1) is 10.8. The first kappa shape index (κ1) is 15.3. The zero-order valence-corrected chi connectivity index (χ0v) is 13.4. The summed E-state index contributed by atoms with van der Waals surface area (Å²) in [6.07, 6.45) is 1.24. The molecular weight excluding hydrogens is 268 g/mol. The summed E-state index contributed by atoms with van der Waals surface area (Å²) in [5.41, 5.74) is 2.80. The summed E-state index contributed by atoms with van der Waals surface area (Å²) in [4.78, 5) is 2.58. The predicted octanol–water partition coefficient (Wildman–Crippen LogP) is 3.69. The minimum absolute atomic E-state index is 0.632. The van der Waals surface area contributed by atoms with E-state index in [1.807, 2.05) is 0 Å². The van der Waals surface area contributed by atoms with Crippen molar-refractivity contribution in [2.45, 2.75) is 32.5 Å². The summed E-state index contributed by atoms with van der Waals surface area (Å²) in [5.74, 6) is 0.696. The lowest BCUT2D eigenvalue weighted by atomic mass is 9.93. The van der Waals surface area contributed by atoms with Crippen molar-refractivity contribution in [2.75, 3.05) is 13.1 Å². The normalized spacial score (nSPS) is 22.6. The first-order valence-corrected chi connectivity index (χ1v) is 8.35. The van der Waals surface area contributed by atoms with Crippen LogP contribution in [0.5, 0.6) is 0 Å². The number of likely N-dealkylation sites (tertiary alicyclic amines) is 1. The second-order valence-electron chi connectivity index (χ2n) is 6.46. The minimum atomic E-state index is 0.632. The van der Waals surface area contributed by atoms with Crippen molar-refractivity contribution >= 4 is 0 Å². The molecule has 116 valence electrons. The van der Waals surface area contributed by atoms with Gasteiger partial charge in [-0.05, 0) is 30.0 Å². The Labute approximate surface area is 134 Å². The number of benzene rings is 2. The summed E-state index contributed by atoms with van der Waals surface area (Å²) in [7, 11) is 0. The third-order valence-corrected chi connectivity index (χ3v) is 4.65. The van der Waals surface area contributed by atoms with Crippen LogP contribution in [0.3, 0.4) is 0 Å². The molecule has 2 atom stereocenters. The van der Waals surface area contributed by atoms with Crippen LogP contribution in [0.4, 0.5) is 0 Å². The molecule has 1 N–H and O–H groups in total. The average molecular weight is 294 g/mol. The van der Waals surface area contributed by atoms with Gasteiger partial charge in [-0.25, -0.2) is 0 Å². The Bertz CT molecular complexity index is 552. The van der Waals surface area contributed by atoms with E-state index in [4.69, 9.17) is 0 Å². The topological polar surface area (TPSA) is 15.3 Å². The molecule has 2 aromatic carbocycles. The number of nitrogens with zero attached hydrogens (tertiary/aromatic N) is 1. The molecule has 0 saturated carbocycles. The molecule has 1 aliphatic heterocycles. The Balaban J connectivity index is 1.48. The van der Waals surface area contributed by atoms with E-state index in [1.54, 1.807) is 0 Å². The molecule has 0 bridgehead atoms. The van der Waals surface area contributed by atoms with E-state index in [0.29, 0.717) is 12.0 Å². The van der Waals surface area contributed by atoms with Crippen molar-refractivity contribution in [1.82, 2.24) is 10.2 Å². The number of hydrogen-bond acceptors (Lipinski definition) is 2. The summed E-state index contributed by atoms with van der Waals surface area (Å²) in [6, 6.07) is 22.1. The Hall–Kier alpha value is -1.64. The zero-order chi connectivity index (χ0) is 15.2. The molecule has 22 heavy (non-hydrogen) atoms. The summed E-state index contributed by atoms with van der Waals surface area (Å²) >= 11 is 0. The van der Waals surface area contributed by atoms with Crippen LogP contribution in [0, 0.1) is 5.92 Å². The van der Waals surface area contributed by atoms with Crippen LogP contribution >= 0.6 is 0 Å². The van der Waals surface area contributed by atoms with Crippen LogP contribution in [0.2, 0.25) is 0 Å². The van der Waals surface area contributed by atoms with Crippen molar-refractivity contribution in [1.29, 1.82) is 0 Å². The fourth-order valence-corrected chi connectivity index (χ4v) is 3.37. The number of hydrogen-bond donors (Lipinski definition) is 1. The van der Waals surface area contributed by atoms with Crippen LogP contribution in [-0.2, 0) is 13.1 Å². The van der Waals surface area contributed by atoms with E-state index >= 15 is 0 Å². The Kier molecular flexibility index (Phi) is 5.25. The highest BCUT2D eigenvalue weighted by molar-refractivity contribution is 5.15. The average Bonchev–Trinajstić information content (AvgIpc) is 2.56. The second-order valence-corrected chi connectivity index (χ2v) is 6.46. The summed E-state index contributed by atoms with van der Waals surface area (Å²) in [6.45, 7) is 6.80. The van der Waals surface area contributed by atoms with Gasteiger partial charge in [-0.3, -0.25) is 4.90 Å². The molecule has 2 heteroatoms. The summed E-state index contributed by atoms with van der Waals surface area (Å²) in [5, 5.41) is 3.75. The quantitative estimate of drug-likeness (QED) is 0.905. The molecule has 1 heterocycles. The number of nitrogens with one attached hydrogen (secondary N) is 1. The standard InChI is InChI=1S/C20H26N2/c1-17-15-22(16-19-10-6-3-7-11-19)13-12-20(17)21-14-18-8-4-2-5-9-18/h2-11,17,20-21H,12-16H2,1H3. The Morgan fingerprint density at radius 3 is 2.23 bits per heavy atom. The molecule has 0 aliphatic carbocycles. The van der Waals surface area contributed by atoms with Crippen LogP contribution < -0.4 is 5.32 Å². The molecule has 2 unspecified atom stereocenters. The van der Waals surface area contributed by atoms with E-state index < -0.39 is 0 Å². The molecule has 0 amide bonds. The van der Waals surface area contributed by atoms with Gasteiger partial charge in [-0.2, -0.15) is 0 Å². The molecule has 0 spiro atoms. The van der Waals surface area contributed by atoms with E-state index in [1.165, 1.54) is 30.6 Å². The van der Waals surface area contributed by atoms with Gasteiger partial charge < -0.3 is 5.32 Å². The monoisotopic (exact) mass is 294 g/mol. The maximum absolute atomic E-state index is 3.75. The van der Waals surface area contributed by atoms with E-state index in [-0.39, 0.29) is 0 Å². The SMILES string of the molecule is CC1CN(Cc2ccccc2)CCC1NCc1ccccc1. The molecular formula is C20H26N2. The lowest BCUT2D eigenvalue weighted by Crippen LogP contribution is -2.47. The van der Waals surface area contributed by atoms with Gasteiger partial charge in [-0.15, -0.1) is 0 Å². The maximum atomic E-state index is 3.75. The van der Waals surface area contributed by atoms with Crippen molar-refractivity contribution < 1.29 is 0 Å². The Morgan fingerprint density at radius 1 is 0.955 bits per heavy atom. The van der Waals surface area contributed by atoms with Gasteiger partial charge in [0, 0.05) is 25.7 Å². The maximum Gasteiger partial charge on any atom is 0.0233 e. The molecule has 3 rings (SSSR count). The van der Waals surface area contributed by atoms with Gasteiger partial charge in [0.1, 0.15) is 0 Å². The molecule has 0 radical (unpaired) electrons. The van der Waals surface area contributed by atoms with Gasteiger partial charge in [0.15, 0.2) is 0 Å². The van der Waals surface area contributed by atoms with Gasteiger partial charge >= 0.3 is 0 Å². The highest BCUT2D eigenvalue weighted by Gasteiger charge is 2.25. The van der Waals surface area contributed by atoms with Crippen molar-refractivity contribution in [3.8, 4) is 0 Å². The minimum Gasteiger partial charge on any atom is -0.310 e. The van der Waals surface area contributed by atoms with Crippen molar-refractivity contribution in [2.24, 2.45) is 5.92 Å². The van der Waals surface area contributed by atoms with Crippen LogP contribution in [-0.4, -0.2) is 24.0 Å². The van der Waals surface area contributed by atoms with Gasteiger partial charge in [0.2, 0.25) is 0 Å². The van der Waals surface area contributed by atoms with Gasteiger partial charge in [0.25, 0.3) is 0 Å². The van der Waals surface area contributed by atoms with Crippen molar-refractivity contribution in [3.05, 3.63) is 71.8 Å². The first-order valence-electron chi connectivity index (χ1n) is 8.35. The van der Waals surface area contributed by atoms with Gasteiger partial charge in [-0.1, -0.05) is 67.6 Å². The molecule has 1 aliphatic rings. The van der Waals surface area contributed by atoms with E-state index in [2.05, 4.69) is 77.8 Å². The van der Waals surface area contributed by atoms with E-state index in [0.717, 1.165) is 13.1 Å². The lowest BCUT2D eigenvalue weighted by molar-refractivity contribution is 0.140. The molecule has 1 fully saturated rings. The van der Waals surface area contributed by atoms with Crippen molar-refractivity contribution in [3.63, 3.8) is 0 Å². The largest absolute Gasteiger partial charge is 0.310 e. The highest BCUT2D eigenvalue weighted by Crippen LogP contribution is 2.19. The van der Waals surface area contributed by atoms with E-state index in [9.17, 15) is 0 Å². The molecule has 2 nitrogen and oxygen atoms in total. The molecule has 1 saturated heterocycles. The lowest BCUT2D eigenvalue weighted by Gasteiger charge is -2.37. The zero-order valence-electron chi connectivity index (χ0n) is 13.4. The van der Waals surface area contributed by atoms with Crippen LogP contribution in [0.1, 0.15) is 24.5 Å². The fourth-order valence-electron chi connectivity index (χ4n) is 3.37. The summed E-state index contributed by atoms with van der Waals surface area (Å²) < 4.78 is 0. The van der Waals surface area contributed by atoms with Crippen LogP contribution in [0.25, 0.3) is 0 Å². The number of rotatable bonds is 5. The van der Waals surface area contributed by atoms with Crippen LogP contribution in [0.15, 0.2) is 60.7 Å². The molecule has 2 aromatic rings. The third kappa shape index (κ3) is 4.19. The third-order valence-electron chi connectivity index (χ3n) is 4.65. The highest BCUT2D eigenvalue weighted by atomic mass is 15.1. The second kappa shape index (κ2) is 7.57. The Morgan fingerprint density at radius 2 is 1.59 bits per heavy atom. The fraction of sp³-hybridized carbons (Fsp3) is 0.400. The van der Waals surface area contributed by atoms with Gasteiger partial charge in [0.05, 0.1) is 0 Å². The smallest absolute Gasteiger partial charge is 0.0233 e. The number of piperidine rings is 1.